The van der Waals surface area contributed by atoms with Crippen LogP contribution in [-0.2, 0) is 4.79 Å². The summed E-state index contributed by atoms with van der Waals surface area (Å²) in [7, 11) is 1.74. The van der Waals surface area contributed by atoms with Gasteiger partial charge in [-0.15, -0.1) is 11.3 Å². The van der Waals surface area contributed by atoms with Crippen molar-refractivity contribution >= 4 is 33.0 Å². The number of carbonyl (C=O) groups is 1. The SMILES string of the molecule is COc1c(-c2csc3ccc(/C(C)=C/C(=O)O)cc23)cc(C(C)C)cc1C(C)C. The highest BCUT2D eigenvalue weighted by molar-refractivity contribution is 7.17. The van der Waals surface area contributed by atoms with Crippen LogP contribution in [0.4, 0.5) is 0 Å². The molecular weight excluding hydrogens is 380 g/mol. The fourth-order valence-electron chi connectivity index (χ4n) is 3.62. The van der Waals surface area contributed by atoms with Crippen LogP contribution in [-0.4, -0.2) is 18.2 Å². The summed E-state index contributed by atoms with van der Waals surface area (Å²) < 4.78 is 7.07. The van der Waals surface area contributed by atoms with Crippen LogP contribution in [0.15, 0.2) is 41.8 Å². The Kier molecular flexibility index (Phi) is 6.13. The van der Waals surface area contributed by atoms with Crippen LogP contribution in [0.2, 0.25) is 0 Å². The molecule has 3 aromatic rings. The van der Waals surface area contributed by atoms with Gasteiger partial charge in [-0.2, -0.15) is 0 Å². The van der Waals surface area contributed by atoms with Gasteiger partial charge in [0.15, 0.2) is 0 Å². The first kappa shape index (κ1) is 21.1. The van der Waals surface area contributed by atoms with Gasteiger partial charge in [0.1, 0.15) is 5.75 Å². The first-order valence-electron chi connectivity index (χ1n) is 9.88. The fourth-order valence-corrected chi connectivity index (χ4v) is 4.56. The number of allylic oxidation sites excluding steroid dienone is 1. The minimum absolute atomic E-state index is 0.351. The van der Waals surface area contributed by atoms with Crippen molar-refractivity contribution in [2.75, 3.05) is 7.11 Å². The van der Waals surface area contributed by atoms with Crippen molar-refractivity contribution in [3.8, 4) is 16.9 Å². The fraction of sp³-hybridized carbons (Fsp3) is 0.320. The highest BCUT2D eigenvalue weighted by atomic mass is 32.1. The lowest BCUT2D eigenvalue weighted by Gasteiger charge is -2.20. The number of methoxy groups -OCH3 is 1. The van der Waals surface area contributed by atoms with Crippen molar-refractivity contribution in [1.82, 2.24) is 0 Å². The van der Waals surface area contributed by atoms with Gasteiger partial charge in [0.25, 0.3) is 0 Å². The molecule has 0 radical (unpaired) electrons. The lowest BCUT2D eigenvalue weighted by molar-refractivity contribution is -0.131. The van der Waals surface area contributed by atoms with E-state index in [2.05, 4.69) is 57.3 Å². The average Bonchev–Trinajstić information content (AvgIpc) is 3.09. The predicted octanol–water partition coefficient (Wildman–Crippen LogP) is 7.31. The quantitative estimate of drug-likeness (QED) is 0.435. The molecule has 3 rings (SSSR count). The summed E-state index contributed by atoms with van der Waals surface area (Å²) in [5.74, 6) is 0.760. The summed E-state index contributed by atoms with van der Waals surface area (Å²) in [5.41, 5.74) is 6.40. The summed E-state index contributed by atoms with van der Waals surface area (Å²) in [6, 6.07) is 10.6. The Morgan fingerprint density at radius 3 is 2.38 bits per heavy atom. The van der Waals surface area contributed by atoms with Gasteiger partial charge in [-0.05, 0) is 64.6 Å². The van der Waals surface area contributed by atoms with Gasteiger partial charge in [-0.3, -0.25) is 0 Å². The topological polar surface area (TPSA) is 46.5 Å². The van der Waals surface area contributed by atoms with E-state index in [9.17, 15) is 4.79 Å². The first-order valence-corrected chi connectivity index (χ1v) is 10.8. The van der Waals surface area contributed by atoms with Crippen LogP contribution in [0.1, 0.15) is 63.1 Å². The molecule has 0 amide bonds. The number of hydrogen-bond donors (Lipinski definition) is 1. The van der Waals surface area contributed by atoms with Crippen LogP contribution in [0.3, 0.4) is 0 Å². The minimum Gasteiger partial charge on any atom is -0.496 e. The smallest absolute Gasteiger partial charge is 0.328 e. The maximum Gasteiger partial charge on any atom is 0.328 e. The lowest BCUT2D eigenvalue weighted by atomic mass is 9.89. The molecule has 2 aromatic carbocycles. The molecule has 0 spiro atoms. The highest BCUT2D eigenvalue weighted by Crippen LogP contribution is 2.44. The zero-order chi connectivity index (χ0) is 21.3. The van der Waals surface area contributed by atoms with Gasteiger partial charge in [0, 0.05) is 27.3 Å². The van der Waals surface area contributed by atoms with Crippen molar-refractivity contribution in [2.45, 2.75) is 46.5 Å². The molecule has 1 aromatic heterocycles. The van der Waals surface area contributed by atoms with Crippen LogP contribution >= 0.6 is 11.3 Å². The maximum atomic E-state index is 11.1. The summed E-state index contributed by atoms with van der Waals surface area (Å²) in [4.78, 5) is 11.1. The molecule has 29 heavy (non-hydrogen) atoms. The van der Waals surface area contributed by atoms with Crippen LogP contribution in [0.5, 0.6) is 5.75 Å². The van der Waals surface area contributed by atoms with Gasteiger partial charge in [-0.25, -0.2) is 4.79 Å². The van der Waals surface area contributed by atoms with E-state index in [4.69, 9.17) is 9.84 Å². The zero-order valence-corrected chi connectivity index (χ0v) is 18.7. The number of rotatable bonds is 6. The molecule has 0 saturated carbocycles. The van der Waals surface area contributed by atoms with Crippen LogP contribution in [0, 0.1) is 0 Å². The third-order valence-corrected chi connectivity index (χ3v) is 6.26. The molecular formula is C25H28O3S. The van der Waals surface area contributed by atoms with Gasteiger partial charge in [-0.1, -0.05) is 39.8 Å². The third kappa shape index (κ3) is 4.23. The molecule has 0 saturated heterocycles. The Morgan fingerprint density at radius 2 is 1.79 bits per heavy atom. The Labute approximate surface area is 176 Å². The normalized spacial score (nSPS) is 12.2. The Hall–Kier alpha value is -2.59. The number of thiophene rings is 1. The summed E-state index contributed by atoms with van der Waals surface area (Å²) >= 11 is 1.70. The van der Waals surface area contributed by atoms with Crippen molar-refractivity contribution in [2.24, 2.45) is 0 Å². The molecule has 3 nitrogen and oxygen atoms in total. The summed E-state index contributed by atoms with van der Waals surface area (Å²) in [5, 5.41) is 12.4. The average molecular weight is 409 g/mol. The second kappa shape index (κ2) is 8.42. The van der Waals surface area contributed by atoms with Crippen LogP contribution < -0.4 is 4.74 Å². The highest BCUT2D eigenvalue weighted by Gasteiger charge is 2.19. The van der Waals surface area contributed by atoms with Gasteiger partial charge < -0.3 is 9.84 Å². The van der Waals surface area contributed by atoms with Gasteiger partial charge >= 0.3 is 5.97 Å². The molecule has 4 heteroatoms. The van der Waals surface area contributed by atoms with Crippen molar-refractivity contribution in [3.05, 3.63) is 58.5 Å². The number of ether oxygens (including phenoxy) is 1. The predicted molar refractivity (Wildman–Crippen MR) is 123 cm³/mol. The largest absolute Gasteiger partial charge is 0.496 e. The van der Waals surface area contributed by atoms with E-state index in [0.717, 1.165) is 33.4 Å². The summed E-state index contributed by atoms with van der Waals surface area (Å²) in [6.45, 7) is 10.6. The van der Waals surface area contributed by atoms with E-state index < -0.39 is 5.97 Å². The Balaban J connectivity index is 2.29. The molecule has 0 unspecified atom stereocenters. The lowest BCUT2D eigenvalue weighted by Crippen LogP contribution is -2.00. The number of carboxylic acid groups (broad SMARTS) is 1. The van der Waals surface area contributed by atoms with Crippen molar-refractivity contribution in [1.29, 1.82) is 0 Å². The number of benzene rings is 2. The molecule has 152 valence electrons. The molecule has 0 aliphatic rings. The van der Waals surface area contributed by atoms with Gasteiger partial charge in [0.2, 0.25) is 0 Å². The third-order valence-electron chi connectivity index (χ3n) is 5.29. The second-order valence-corrected chi connectivity index (χ2v) is 8.94. The van der Waals surface area contributed by atoms with Gasteiger partial charge in [0.05, 0.1) is 7.11 Å². The molecule has 1 heterocycles. The van der Waals surface area contributed by atoms with Crippen molar-refractivity contribution < 1.29 is 14.6 Å². The minimum atomic E-state index is -0.930. The Morgan fingerprint density at radius 1 is 1.07 bits per heavy atom. The van der Waals surface area contributed by atoms with Crippen molar-refractivity contribution in [3.63, 3.8) is 0 Å². The van der Waals surface area contributed by atoms with E-state index in [0.29, 0.717) is 11.8 Å². The molecule has 0 atom stereocenters. The number of hydrogen-bond acceptors (Lipinski definition) is 3. The summed E-state index contributed by atoms with van der Waals surface area (Å²) in [6.07, 6.45) is 1.25. The molecule has 0 fully saturated rings. The first-order chi connectivity index (χ1) is 13.7. The van der Waals surface area contributed by atoms with E-state index in [-0.39, 0.29) is 0 Å². The van der Waals surface area contributed by atoms with E-state index in [1.807, 2.05) is 13.0 Å². The maximum absolute atomic E-state index is 11.1. The standard InChI is InChI=1S/C25H28O3S/c1-14(2)18-11-19(15(3)4)25(28-6)21(12-18)22-13-29-23-8-7-17(10-20(22)23)16(5)9-24(26)27/h7-15H,1-6H3,(H,26,27)/b16-9+. The Bertz CT molecular complexity index is 1090. The molecule has 1 N–H and O–H groups in total. The number of aliphatic carboxylic acids is 1. The van der Waals surface area contributed by atoms with E-state index in [1.165, 1.54) is 21.9 Å². The van der Waals surface area contributed by atoms with Crippen LogP contribution in [0.25, 0.3) is 26.8 Å². The van der Waals surface area contributed by atoms with E-state index in [1.54, 1.807) is 18.4 Å². The molecule has 0 bridgehead atoms. The number of carboxylic acids is 1. The molecule has 0 aliphatic heterocycles. The monoisotopic (exact) mass is 408 g/mol. The second-order valence-electron chi connectivity index (χ2n) is 8.03. The van der Waals surface area contributed by atoms with E-state index >= 15 is 0 Å². The molecule has 0 aliphatic carbocycles. The number of fused-ring (bicyclic) bond motifs is 1. The zero-order valence-electron chi connectivity index (χ0n) is 17.9.